The van der Waals surface area contributed by atoms with Gasteiger partial charge in [0.2, 0.25) is 0 Å². The highest BCUT2D eigenvalue weighted by molar-refractivity contribution is 6.30. The molecule has 1 atom stereocenters. The van der Waals surface area contributed by atoms with E-state index >= 15 is 0 Å². The summed E-state index contributed by atoms with van der Waals surface area (Å²) in [6.45, 7) is 0.497. The Hall–Kier alpha value is -2.60. The van der Waals surface area contributed by atoms with E-state index in [9.17, 15) is 4.39 Å². The number of ether oxygens (including phenoxy) is 2. The third-order valence-electron chi connectivity index (χ3n) is 5.54. The summed E-state index contributed by atoms with van der Waals surface area (Å²) in [5.74, 6) is 3.53. The van der Waals surface area contributed by atoms with Crippen LogP contribution in [0, 0.1) is 11.7 Å². The van der Waals surface area contributed by atoms with E-state index in [0.29, 0.717) is 18.2 Å². The zero-order chi connectivity index (χ0) is 20.0. The zero-order valence-corrected chi connectivity index (χ0v) is 16.8. The van der Waals surface area contributed by atoms with Crippen LogP contribution in [0.2, 0.25) is 5.02 Å². The Bertz CT molecular complexity index is 1060. The molecular formula is C22H21ClFN3O2. The van der Waals surface area contributed by atoms with Crippen molar-refractivity contribution in [3.05, 3.63) is 64.5 Å². The Balaban J connectivity index is 1.51. The number of hydrogen-bond donors (Lipinski definition) is 0. The molecule has 1 aromatic heterocycles. The van der Waals surface area contributed by atoms with Gasteiger partial charge in [0, 0.05) is 12.5 Å². The number of halogens is 2. The molecule has 150 valence electrons. The molecule has 0 spiro atoms. The maximum Gasteiger partial charge on any atom is 0.151 e. The second-order valence-corrected chi connectivity index (χ2v) is 8.14. The highest BCUT2D eigenvalue weighted by Gasteiger charge is 2.30. The van der Waals surface area contributed by atoms with Gasteiger partial charge in [-0.05, 0) is 55.0 Å². The van der Waals surface area contributed by atoms with Crippen LogP contribution in [-0.4, -0.2) is 28.5 Å². The highest BCUT2D eigenvalue weighted by atomic mass is 35.5. The normalized spacial score (nSPS) is 18.2. The summed E-state index contributed by atoms with van der Waals surface area (Å²) in [5.41, 5.74) is 1.82. The van der Waals surface area contributed by atoms with Crippen LogP contribution in [0.15, 0.2) is 36.4 Å². The molecule has 0 radical (unpaired) electrons. The molecule has 5 nitrogen and oxygen atoms in total. The largest absolute Gasteiger partial charge is 0.497 e. The lowest BCUT2D eigenvalue weighted by molar-refractivity contribution is 0.254. The van der Waals surface area contributed by atoms with Crippen molar-refractivity contribution in [1.82, 2.24) is 14.8 Å². The molecule has 2 aromatic carbocycles. The molecule has 0 bridgehead atoms. The number of rotatable bonds is 5. The van der Waals surface area contributed by atoms with Gasteiger partial charge in [0.05, 0.1) is 30.3 Å². The Morgan fingerprint density at radius 2 is 2.10 bits per heavy atom. The summed E-state index contributed by atoms with van der Waals surface area (Å²) in [6, 6.07) is 10.5. The summed E-state index contributed by atoms with van der Waals surface area (Å²) >= 11 is 6.03. The standard InChI is InChI=1S/C22H21ClFN3O2/c1-28-17-6-4-14-9-15(12-29-20(14)11-17)22-25-21(8-13-2-3-13)26-27(22)16-5-7-19(24)18(23)10-16/h4-7,10-11,13,15H,2-3,8-9,12H2,1H3. The lowest BCUT2D eigenvalue weighted by Gasteiger charge is -2.25. The van der Waals surface area contributed by atoms with Gasteiger partial charge in [0.15, 0.2) is 5.82 Å². The van der Waals surface area contributed by atoms with E-state index < -0.39 is 5.82 Å². The predicted octanol–water partition coefficient (Wildman–Crippen LogP) is 4.74. The monoisotopic (exact) mass is 413 g/mol. The van der Waals surface area contributed by atoms with E-state index in [1.165, 1.54) is 18.9 Å². The summed E-state index contributed by atoms with van der Waals surface area (Å²) in [7, 11) is 1.64. The highest BCUT2D eigenvalue weighted by Crippen LogP contribution is 2.36. The second kappa shape index (κ2) is 7.34. The zero-order valence-electron chi connectivity index (χ0n) is 16.1. The average Bonchev–Trinajstić information content (AvgIpc) is 3.45. The first-order valence-corrected chi connectivity index (χ1v) is 10.2. The van der Waals surface area contributed by atoms with E-state index in [2.05, 4.69) is 0 Å². The molecule has 0 amide bonds. The van der Waals surface area contributed by atoms with Gasteiger partial charge in [0.1, 0.15) is 23.1 Å². The molecule has 1 saturated carbocycles. The van der Waals surface area contributed by atoms with Crippen LogP contribution in [0.5, 0.6) is 11.5 Å². The van der Waals surface area contributed by atoms with Crippen LogP contribution >= 0.6 is 11.6 Å². The summed E-state index contributed by atoms with van der Waals surface area (Å²) in [5, 5.41) is 4.81. The van der Waals surface area contributed by atoms with Crippen LogP contribution in [-0.2, 0) is 12.8 Å². The minimum Gasteiger partial charge on any atom is -0.497 e. The van der Waals surface area contributed by atoms with Crippen molar-refractivity contribution in [2.75, 3.05) is 13.7 Å². The Labute approximate surface area is 173 Å². The summed E-state index contributed by atoms with van der Waals surface area (Å²) < 4.78 is 26.8. The minimum absolute atomic E-state index is 0.0418. The Morgan fingerprint density at radius 3 is 2.86 bits per heavy atom. The van der Waals surface area contributed by atoms with Gasteiger partial charge >= 0.3 is 0 Å². The van der Waals surface area contributed by atoms with Crippen LogP contribution in [0.1, 0.15) is 36.0 Å². The van der Waals surface area contributed by atoms with E-state index in [1.54, 1.807) is 23.9 Å². The quantitative estimate of drug-likeness (QED) is 0.606. The number of hydrogen-bond acceptors (Lipinski definition) is 4. The van der Waals surface area contributed by atoms with Gasteiger partial charge in [-0.2, -0.15) is 5.10 Å². The first-order chi connectivity index (χ1) is 14.1. The molecular weight excluding hydrogens is 393 g/mol. The molecule has 0 saturated heterocycles. The molecule has 5 rings (SSSR count). The smallest absolute Gasteiger partial charge is 0.151 e. The third kappa shape index (κ3) is 3.69. The van der Waals surface area contributed by atoms with Crippen molar-refractivity contribution < 1.29 is 13.9 Å². The molecule has 0 N–H and O–H groups in total. The molecule has 3 aromatic rings. The maximum atomic E-state index is 13.7. The SMILES string of the molecule is COc1ccc2c(c1)OCC(c1nc(CC3CC3)nn1-c1ccc(F)c(Cl)c1)C2. The fourth-order valence-corrected chi connectivity index (χ4v) is 3.93. The average molecular weight is 414 g/mol. The number of methoxy groups -OCH3 is 1. The van der Waals surface area contributed by atoms with Crippen LogP contribution in [0.25, 0.3) is 5.69 Å². The van der Waals surface area contributed by atoms with Gasteiger partial charge in [-0.1, -0.05) is 17.7 Å². The maximum absolute atomic E-state index is 13.7. The van der Waals surface area contributed by atoms with Crippen LogP contribution in [0.3, 0.4) is 0 Å². The fourth-order valence-electron chi connectivity index (χ4n) is 3.75. The molecule has 29 heavy (non-hydrogen) atoms. The fraction of sp³-hybridized carbons (Fsp3) is 0.364. The summed E-state index contributed by atoms with van der Waals surface area (Å²) in [4.78, 5) is 4.86. The van der Waals surface area contributed by atoms with Crippen molar-refractivity contribution in [2.24, 2.45) is 5.92 Å². The molecule has 7 heteroatoms. The number of fused-ring (bicyclic) bond motifs is 1. The van der Waals surface area contributed by atoms with Crippen LogP contribution < -0.4 is 9.47 Å². The molecule has 1 aliphatic carbocycles. The first-order valence-electron chi connectivity index (χ1n) is 9.81. The van der Waals surface area contributed by atoms with E-state index in [0.717, 1.165) is 41.6 Å². The molecule has 1 aliphatic heterocycles. The lowest BCUT2D eigenvalue weighted by atomic mass is 9.95. The number of nitrogens with zero attached hydrogens (tertiary/aromatic N) is 3. The van der Waals surface area contributed by atoms with E-state index in [1.807, 2.05) is 18.2 Å². The molecule has 1 unspecified atom stereocenters. The minimum atomic E-state index is -0.445. The Kier molecular flexibility index (Phi) is 4.66. The van der Waals surface area contributed by atoms with Crippen molar-refractivity contribution in [3.63, 3.8) is 0 Å². The lowest BCUT2D eigenvalue weighted by Crippen LogP contribution is -2.22. The van der Waals surface area contributed by atoms with E-state index in [-0.39, 0.29) is 10.9 Å². The predicted molar refractivity (Wildman–Crippen MR) is 108 cm³/mol. The summed E-state index contributed by atoms with van der Waals surface area (Å²) in [6.07, 6.45) is 4.12. The first kappa shape index (κ1) is 18.4. The molecule has 2 heterocycles. The third-order valence-corrected chi connectivity index (χ3v) is 5.83. The molecule has 2 aliphatic rings. The van der Waals surface area contributed by atoms with E-state index in [4.69, 9.17) is 31.2 Å². The Morgan fingerprint density at radius 1 is 1.24 bits per heavy atom. The van der Waals surface area contributed by atoms with Gasteiger partial charge < -0.3 is 9.47 Å². The van der Waals surface area contributed by atoms with Gasteiger partial charge in [-0.25, -0.2) is 14.1 Å². The number of benzene rings is 2. The molecule has 1 fully saturated rings. The van der Waals surface area contributed by atoms with Crippen molar-refractivity contribution >= 4 is 11.6 Å². The van der Waals surface area contributed by atoms with Crippen LogP contribution in [0.4, 0.5) is 4.39 Å². The van der Waals surface area contributed by atoms with Gasteiger partial charge in [-0.15, -0.1) is 0 Å². The van der Waals surface area contributed by atoms with Gasteiger partial charge in [0.25, 0.3) is 0 Å². The van der Waals surface area contributed by atoms with Crippen molar-refractivity contribution in [3.8, 4) is 17.2 Å². The van der Waals surface area contributed by atoms with Crippen molar-refractivity contribution in [2.45, 2.75) is 31.6 Å². The second-order valence-electron chi connectivity index (χ2n) is 7.73. The number of aromatic nitrogens is 3. The topological polar surface area (TPSA) is 49.2 Å². The van der Waals surface area contributed by atoms with Crippen molar-refractivity contribution in [1.29, 1.82) is 0 Å². The van der Waals surface area contributed by atoms with Gasteiger partial charge in [-0.3, -0.25) is 0 Å².